The molecule has 22 heavy (non-hydrogen) atoms. The van der Waals surface area contributed by atoms with Crippen molar-refractivity contribution in [3.8, 4) is 6.07 Å². The maximum atomic E-state index is 8.84. The molecule has 2 atom stereocenters. The van der Waals surface area contributed by atoms with E-state index in [0.717, 1.165) is 6.42 Å². The number of hydrogen-bond donors (Lipinski definition) is 0. The second kappa shape index (κ2) is 7.46. The summed E-state index contributed by atoms with van der Waals surface area (Å²) in [4.78, 5) is 0. The molecule has 0 N–H and O–H groups in total. The number of nitriles is 1. The lowest BCUT2D eigenvalue weighted by Crippen LogP contribution is -1.95. The van der Waals surface area contributed by atoms with Crippen molar-refractivity contribution in [2.24, 2.45) is 5.92 Å². The van der Waals surface area contributed by atoms with Crippen molar-refractivity contribution in [1.29, 1.82) is 5.26 Å². The molecule has 2 rings (SSSR count). The molecule has 1 heterocycles. The minimum absolute atomic E-state index is 0.138. The fraction of sp³-hybridized carbons (Fsp3) is 0.471. The second-order valence-corrected chi connectivity index (χ2v) is 7.47. The van der Waals surface area contributed by atoms with Gasteiger partial charge >= 0.3 is 0 Å². The van der Waals surface area contributed by atoms with Crippen LogP contribution in [0.1, 0.15) is 61.1 Å². The van der Waals surface area contributed by atoms with Crippen LogP contribution < -0.4 is 0 Å². The summed E-state index contributed by atoms with van der Waals surface area (Å²) in [5.41, 5.74) is 1.88. The Hall–Kier alpha value is -1.80. The van der Waals surface area contributed by atoms with Crippen LogP contribution in [0.15, 0.2) is 28.7 Å². The zero-order valence-electron chi connectivity index (χ0n) is 13.4. The average molecular weight is 315 g/mol. The lowest BCUT2D eigenvalue weighted by molar-refractivity contribution is 0.426. The fourth-order valence-corrected chi connectivity index (χ4v) is 3.27. The molecule has 0 bridgehead atoms. The van der Waals surface area contributed by atoms with Crippen LogP contribution >= 0.6 is 11.8 Å². The van der Waals surface area contributed by atoms with Gasteiger partial charge in [0.2, 0.25) is 11.8 Å². The first kappa shape index (κ1) is 16.6. The van der Waals surface area contributed by atoms with Gasteiger partial charge in [-0.15, -0.1) is 22.0 Å². The van der Waals surface area contributed by atoms with E-state index in [-0.39, 0.29) is 5.25 Å². The number of rotatable bonds is 6. The topological polar surface area (TPSA) is 62.7 Å². The molecule has 116 valence electrons. The number of benzene rings is 1. The zero-order valence-corrected chi connectivity index (χ0v) is 14.2. The Bertz CT molecular complexity index is 643. The highest BCUT2D eigenvalue weighted by Crippen LogP contribution is 2.39. The van der Waals surface area contributed by atoms with Crippen molar-refractivity contribution in [2.75, 3.05) is 0 Å². The first-order chi connectivity index (χ1) is 10.5. The van der Waals surface area contributed by atoms with E-state index in [2.05, 4.69) is 44.0 Å². The number of aromatic nitrogens is 2. The van der Waals surface area contributed by atoms with Crippen LogP contribution in [-0.2, 0) is 6.42 Å². The predicted molar refractivity (Wildman–Crippen MR) is 88.4 cm³/mol. The highest BCUT2D eigenvalue weighted by atomic mass is 32.2. The van der Waals surface area contributed by atoms with Crippen LogP contribution in [0.25, 0.3) is 0 Å². The summed E-state index contributed by atoms with van der Waals surface area (Å²) in [5.74, 6) is 1.90. The van der Waals surface area contributed by atoms with Crippen LogP contribution in [0.3, 0.4) is 0 Å². The molecule has 0 fully saturated rings. The molecule has 2 aromatic rings. The van der Waals surface area contributed by atoms with Crippen molar-refractivity contribution < 1.29 is 4.42 Å². The van der Waals surface area contributed by atoms with Crippen LogP contribution in [0.4, 0.5) is 0 Å². The Morgan fingerprint density at radius 3 is 2.36 bits per heavy atom. The van der Waals surface area contributed by atoms with Crippen molar-refractivity contribution in [3.63, 3.8) is 0 Å². The third-order valence-electron chi connectivity index (χ3n) is 3.33. The maximum Gasteiger partial charge on any atom is 0.229 e. The van der Waals surface area contributed by atoms with Crippen molar-refractivity contribution in [2.45, 2.75) is 44.6 Å². The Kier molecular flexibility index (Phi) is 5.62. The standard InChI is InChI=1S/C17H21N3OS/c1-11(2)9-16-19-20-17(21-16)13(4)22-12(3)15-7-5-14(10-18)6-8-15/h5-8,11-13H,9H2,1-4H3/t12-,13-/m0/s1. The maximum absolute atomic E-state index is 8.84. The summed E-state index contributed by atoms with van der Waals surface area (Å²) >= 11 is 1.77. The minimum atomic E-state index is 0.138. The van der Waals surface area contributed by atoms with Gasteiger partial charge in [-0.2, -0.15) is 5.26 Å². The molecule has 1 aromatic heterocycles. The summed E-state index contributed by atoms with van der Waals surface area (Å²) in [5, 5.41) is 17.6. The Balaban J connectivity index is 1.99. The summed E-state index contributed by atoms with van der Waals surface area (Å²) in [7, 11) is 0. The van der Waals surface area contributed by atoms with Gasteiger partial charge in [0.1, 0.15) is 0 Å². The highest BCUT2D eigenvalue weighted by Gasteiger charge is 2.18. The molecule has 0 radical (unpaired) electrons. The lowest BCUT2D eigenvalue weighted by Gasteiger charge is -2.15. The Morgan fingerprint density at radius 2 is 1.77 bits per heavy atom. The normalized spacial score (nSPS) is 13.8. The lowest BCUT2D eigenvalue weighted by atomic mass is 10.1. The molecule has 0 amide bonds. The third kappa shape index (κ3) is 4.35. The van der Waals surface area contributed by atoms with E-state index >= 15 is 0 Å². The van der Waals surface area contributed by atoms with Crippen LogP contribution in [-0.4, -0.2) is 10.2 Å². The summed E-state index contributed by atoms with van der Waals surface area (Å²) in [6.07, 6.45) is 0.815. The summed E-state index contributed by atoms with van der Waals surface area (Å²) in [6, 6.07) is 9.84. The molecular formula is C17H21N3OS. The first-order valence-electron chi connectivity index (χ1n) is 7.47. The molecule has 0 aliphatic carbocycles. The first-order valence-corrected chi connectivity index (χ1v) is 8.41. The number of nitrogens with zero attached hydrogens (tertiary/aromatic N) is 3. The SMILES string of the molecule is CC(C)Cc1nnc([C@H](C)S[C@@H](C)c2ccc(C#N)cc2)o1. The predicted octanol–water partition coefficient (Wildman–Crippen LogP) is 4.70. The van der Waals surface area contributed by atoms with Crippen LogP contribution in [0, 0.1) is 17.2 Å². The largest absolute Gasteiger partial charge is 0.424 e. The molecular weight excluding hydrogens is 294 g/mol. The van der Waals surface area contributed by atoms with E-state index < -0.39 is 0 Å². The molecule has 4 nitrogen and oxygen atoms in total. The minimum Gasteiger partial charge on any atom is -0.424 e. The third-order valence-corrected chi connectivity index (χ3v) is 4.62. The van der Waals surface area contributed by atoms with Gasteiger partial charge < -0.3 is 4.42 Å². The van der Waals surface area contributed by atoms with Gasteiger partial charge in [0.15, 0.2) is 0 Å². The van der Waals surface area contributed by atoms with E-state index in [4.69, 9.17) is 9.68 Å². The molecule has 5 heteroatoms. The number of thioether (sulfide) groups is 1. The quantitative estimate of drug-likeness (QED) is 0.773. The van der Waals surface area contributed by atoms with E-state index in [0.29, 0.717) is 28.5 Å². The van der Waals surface area contributed by atoms with Gasteiger partial charge in [0.05, 0.1) is 16.9 Å². The highest BCUT2D eigenvalue weighted by molar-refractivity contribution is 7.99. The molecule has 1 aromatic carbocycles. The van der Waals surface area contributed by atoms with E-state index in [1.807, 2.05) is 24.3 Å². The van der Waals surface area contributed by atoms with Gasteiger partial charge in [-0.25, -0.2) is 0 Å². The van der Waals surface area contributed by atoms with E-state index in [9.17, 15) is 0 Å². The number of hydrogen-bond acceptors (Lipinski definition) is 5. The van der Waals surface area contributed by atoms with E-state index in [1.165, 1.54) is 5.56 Å². The van der Waals surface area contributed by atoms with Gasteiger partial charge in [-0.1, -0.05) is 26.0 Å². The van der Waals surface area contributed by atoms with Crippen molar-refractivity contribution in [1.82, 2.24) is 10.2 Å². The molecule has 0 saturated carbocycles. The van der Waals surface area contributed by atoms with Gasteiger partial charge in [-0.05, 0) is 37.5 Å². The Labute approximate surface area is 135 Å². The Morgan fingerprint density at radius 1 is 1.09 bits per heavy atom. The van der Waals surface area contributed by atoms with Gasteiger partial charge in [0, 0.05) is 11.7 Å². The molecule has 0 aliphatic rings. The molecule has 0 aliphatic heterocycles. The van der Waals surface area contributed by atoms with Crippen LogP contribution in [0.5, 0.6) is 0 Å². The monoisotopic (exact) mass is 315 g/mol. The smallest absolute Gasteiger partial charge is 0.229 e. The molecule has 0 unspecified atom stereocenters. The zero-order chi connectivity index (χ0) is 16.1. The van der Waals surface area contributed by atoms with E-state index in [1.54, 1.807) is 11.8 Å². The second-order valence-electron chi connectivity index (χ2n) is 5.79. The van der Waals surface area contributed by atoms with Crippen molar-refractivity contribution >= 4 is 11.8 Å². The summed E-state index contributed by atoms with van der Waals surface area (Å²) < 4.78 is 5.74. The molecule has 0 saturated heterocycles. The summed E-state index contributed by atoms with van der Waals surface area (Å²) in [6.45, 7) is 8.50. The van der Waals surface area contributed by atoms with Gasteiger partial charge in [-0.3, -0.25) is 0 Å². The fourth-order valence-electron chi connectivity index (χ4n) is 2.13. The average Bonchev–Trinajstić information content (AvgIpc) is 2.95. The van der Waals surface area contributed by atoms with Crippen LogP contribution in [0.2, 0.25) is 0 Å². The molecule has 0 spiro atoms. The van der Waals surface area contributed by atoms with Crippen molar-refractivity contribution in [3.05, 3.63) is 47.2 Å². The van der Waals surface area contributed by atoms with Gasteiger partial charge in [0.25, 0.3) is 0 Å².